The molecule has 4 heteroatoms. The zero-order valence-corrected chi connectivity index (χ0v) is 5.90. The van der Waals surface area contributed by atoms with Crippen LogP contribution in [0.5, 0.6) is 0 Å². The fraction of sp³-hybridized carbons (Fsp3) is 0.143. The zero-order valence-electron chi connectivity index (χ0n) is 5.90. The van der Waals surface area contributed by atoms with E-state index in [0.29, 0.717) is 5.56 Å². The van der Waals surface area contributed by atoms with Crippen LogP contribution in [0.4, 0.5) is 0 Å². The summed E-state index contributed by atoms with van der Waals surface area (Å²) in [5.41, 5.74) is 11.0. The van der Waals surface area contributed by atoms with Crippen molar-refractivity contribution in [2.24, 2.45) is 11.5 Å². The van der Waals surface area contributed by atoms with E-state index in [4.69, 9.17) is 11.5 Å². The summed E-state index contributed by atoms with van der Waals surface area (Å²) < 4.78 is 0. The van der Waals surface area contributed by atoms with Gasteiger partial charge in [-0.2, -0.15) is 0 Å². The Morgan fingerprint density at radius 2 is 2.36 bits per heavy atom. The highest BCUT2D eigenvalue weighted by molar-refractivity contribution is 5.80. The number of aromatic nitrogens is 1. The average Bonchev–Trinajstić information content (AvgIpc) is 2.05. The van der Waals surface area contributed by atoms with Crippen molar-refractivity contribution in [2.45, 2.75) is 6.04 Å². The number of nitrogens with zero attached hydrogens (tertiary/aromatic N) is 1. The largest absolute Gasteiger partial charge is 0.368 e. The summed E-state index contributed by atoms with van der Waals surface area (Å²) in [4.78, 5) is 14.4. The smallest absolute Gasteiger partial charge is 0.238 e. The number of nitrogens with two attached hydrogens (primary N) is 2. The maximum atomic E-state index is 10.6. The van der Waals surface area contributed by atoms with Gasteiger partial charge in [0.1, 0.15) is 6.04 Å². The van der Waals surface area contributed by atoms with Crippen molar-refractivity contribution in [3.63, 3.8) is 0 Å². The fourth-order valence-corrected chi connectivity index (χ4v) is 0.724. The van der Waals surface area contributed by atoms with Crippen LogP contribution in [-0.4, -0.2) is 10.9 Å². The summed E-state index contributed by atoms with van der Waals surface area (Å²) in [5, 5.41) is 0. The first-order chi connectivity index (χ1) is 5.22. The molecular weight excluding hydrogens is 142 g/mol. The number of rotatable bonds is 2. The summed E-state index contributed by atoms with van der Waals surface area (Å²) in [7, 11) is 0. The predicted octanol–water partition coefficient (Wildman–Crippen LogP) is -0.433. The molecule has 11 heavy (non-hydrogen) atoms. The Hall–Kier alpha value is -1.42. The molecule has 1 aromatic rings. The molecule has 4 nitrogen and oxygen atoms in total. The number of hydrogen-bond acceptors (Lipinski definition) is 3. The Bertz CT molecular complexity index is 247. The lowest BCUT2D eigenvalue weighted by atomic mass is 10.1. The SMILES string of the molecule is NC(=O)C(N)c1cccnc1. The van der Waals surface area contributed by atoms with Gasteiger partial charge in [0, 0.05) is 12.4 Å². The standard InChI is InChI=1S/C7H9N3O/c8-6(7(9)11)5-2-1-3-10-4-5/h1-4,6H,8H2,(H2,9,11). The highest BCUT2D eigenvalue weighted by Gasteiger charge is 2.10. The average molecular weight is 151 g/mol. The minimum Gasteiger partial charge on any atom is -0.368 e. The van der Waals surface area contributed by atoms with Crippen LogP contribution in [0.3, 0.4) is 0 Å². The number of hydrogen-bond donors (Lipinski definition) is 2. The normalized spacial score (nSPS) is 12.5. The lowest BCUT2D eigenvalue weighted by Gasteiger charge is -2.04. The Morgan fingerprint density at radius 3 is 2.82 bits per heavy atom. The van der Waals surface area contributed by atoms with Crippen LogP contribution in [0.15, 0.2) is 24.5 Å². The quantitative estimate of drug-likeness (QED) is 0.601. The molecule has 1 amide bonds. The molecule has 1 aromatic heterocycles. The number of carbonyl (C=O) groups excluding carboxylic acids is 1. The second-order valence-corrected chi connectivity index (χ2v) is 2.17. The van der Waals surface area contributed by atoms with Crippen molar-refractivity contribution in [2.75, 3.05) is 0 Å². The second kappa shape index (κ2) is 3.12. The van der Waals surface area contributed by atoms with Crippen LogP contribution in [0.1, 0.15) is 11.6 Å². The Balaban J connectivity index is 2.85. The molecule has 0 fully saturated rings. The van der Waals surface area contributed by atoms with E-state index in [2.05, 4.69) is 4.98 Å². The number of pyridine rings is 1. The molecule has 0 aliphatic rings. The summed E-state index contributed by atoms with van der Waals surface area (Å²) in [6, 6.07) is 2.67. The number of amides is 1. The van der Waals surface area contributed by atoms with Gasteiger partial charge in [-0.1, -0.05) is 6.07 Å². The molecule has 0 aliphatic carbocycles. The van der Waals surface area contributed by atoms with E-state index in [-0.39, 0.29) is 0 Å². The van der Waals surface area contributed by atoms with Gasteiger partial charge < -0.3 is 11.5 Å². The van der Waals surface area contributed by atoms with Gasteiger partial charge in [0.25, 0.3) is 0 Å². The minimum absolute atomic E-state index is 0.544. The van der Waals surface area contributed by atoms with Crippen molar-refractivity contribution in [1.82, 2.24) is 4.98 Å². The molecule has 1 unspecified atom stereocenters. The van der Waals surface area contributed by atoms with Gasteiger partial charge in [-0.25, -0.2) is 0 Å². The number of carbonyl (C=O) groups is 1. The third-order valence-corrected chi connectivity index (χ3v) is 1.35. The molecule has 58 valence electrons. The van der Waals surface area contributed by atoms with Crippen molar-refractivity contribution < 1.29 is 4.79 Å². The molecule has 0 bridgehead atoms. The molecule has 4 N–H and O–H groups in total. The maximum absolute atomic E-state index is 10.6. The second-order valence-electron chi connectivity index (χ2n) is 2.17. The summed E-state index contributed by atoms with van der Waals surface area (Å²) in [5.74, 6) is -0.544. The van der Waals surface area contributed by atoms with E-state index in [0.717, 1.165) is 0 Å². The van der Waals surface area contributed by atoms with Crippen molar-refractivity contribution in [3.05, 3.63) is 30.1 Å². The topological polar surface area (TPSA) is 82.0 Å². The zero-order chi connectivity index (χ0) is 8.27. The van der Waals surface area contributed by atoms with Crippen molar-refractivity contribution >= 4 is 5.91 Å². The van der Waals surface area contributed by atoms with E-state index in [1.807, 2.05) is 0 Å². The first kappa shape index (κ1) is 7.68. The van der Waals surface area contributed by atoms with Crippen molar-refractivity contribution in [1.29, 1.82) is 0 Å². The fourth-order valence-electron chi connectivity index (χ4n) is 0.724. The van der Waals surface area contributed by atoms with Gasteiger partial charge >= 0.3 is 0 Å². The first-order valence-corrected chi connectivity index (χ1v) is 3.16. The van der Waals surface area contributed by atoms with Gasteiger partial charge in [0.05, 0.1) is 0 Å². The van der Waals surface area contributed by atoms with Gasteiger partial charge in [-0.15, -0.1) is 0 Å². The molecular formula is C7H9N3O. The highest BCUT2D eigenvalue weighted by atomic mass is 16.1. The molecule has 1 rings (SSSR count). The molecule has 0 saturated heterocycles. The maximum Gasteiger partial charge on any atom is 0.238 e. The van der Waals surface area contributed by atoms with E-state index in [1.165, 1.54) is 6.20 Å². The van der Waals surface area contributed by atoms with E-state index >= 15 is 0 Å². The summed E-state index contributed by atoms with van der Waals surface area (Å²) in [6.07, 6.45) is 3.13. The minimum atomic E-state index is -0.747. The van der Waals surface area contributed by atoms with Gasteiger partial charge in [0.2, 0.25) is 5.91 Å². The van der Waals surface area contributed by atoms with Gasteiger partial charge in [-0.05, 0) is 11.6 Å². The van der Waals surface area contributed by atoms with Crippen LogP contribution >= 0.6 is 0 Å². The van der Waals surface area contributed by atoms with E-state index < -0.39 is 11.9 Å². The van der Waals surface area contributed by atoms with Crippen LogP contribution in [0.2, 0.25) is 0 Å². The Labute approximate surface area is 64.2 Å². The van der Waals surface area contributed by atoms with Crippen LogP contribution < -0.4 is 11.5 Å². The Morgan fingerprint density at radius 1 is 1.64 bits per heavy atom. The number of primary amides is 1. The van der Waals surface area contributed by atoms with Crippen LogP contribution in [-0.2, 0) is 4.79 Å². The molecule has 1 heterocycles. The molecule has 0 saturated carbocycles. The molecule has 1 atom stereocenters. The monoisotopic (exact) mass is 151 g/mol. The van der Waals surface area contributed by atoms with Crippen LogP contribution in [0, 0.1) is 0 Å². The first-order valence-electron chi connectivity index (χ1n) is 3.16. The van der Waals surface area contributed by atoms with Gasteiger partial charge in [0.15, 0.2) is 0 Å². The molecule has 0 spiro atoms. The highest BCUT2D eigenvalue weighted by Crippen LogP contribution is 2.05. The molecule has 0 aliphatic heterocycles. The molecule has 0 radical (unpaired) electrons. The van der Waals surface area contributed by atoms with E-state index in [9.17, 15) is 4.79 Å². The third kappa shape index (κ3) is 1.75. The van der Waals surface area contributed by atoms with Crippen LogP contribution in [0.25, 0.3) is 0 Å². The lowest BCUT2D eigenvalue weighted by Crippen LogP contribution is -2.28. The third-order valence-electron chi connectivity index (χ3n) is 1.35. The predicted molar refractivity (Wildman–Crippen MR) is 40.4 cm³/mol. The molecule has 0 aromatic carbocycles. The lowest BCUT2D eigenvalue weighted by molar-refractivity contribution is -0.119. The summed E-state index contributed by atoms with van der Waals surface area (Å²) >= 11 is 0. The van der Waals surface area contributed by atoms with Gasteiger partial charge in [-0.3, -0.25) is 9.78 Å². The Kier molecular flexibility index (Phi) is 2.18. The van der Waals surface area contributed by atoms with Crippen molar-refractivity contribution in [3.8, 4) is 0 Å². The van der Waals surface area contributed by atoms with E-state index in [1.54, 1.807) is 18.3 Å². The summed E-state index contributed by atoms with van der Waals surface area (Å²) in [6.45, 7) is 0.